The molecule has 1 heterocycles. The lowest BCUT2D eigenvalue weighted by Crippen LogP contribution is -2.43. The van der Waals surface area contributed by atoms with Crippen molar-refractivity contribution in [1.29, 1.82) is 0 Å². The first-order chi connectivity index (χ1) is 18.5. The quantitative estimate of drug-likeness (QED) is 0.457. The Morgan fingerprint density at radius 1 is 1.15 bits per heavy atom. The van der Waals surface area contributed by atoms with Crippen molar-refractivity contribution in [3.05, 3.63) is 69.7 Å². The number of carbonyl (C=O) groups is 3. The number of hydrogen-bond acceptors (Lipinski definition) is 5. The predicted molar refractivity (Wildman–Crippen MR) is 145 cm³/mol. The number of rotatable bonds is 7. The molecule has 0 saturated heterocycles. The molecule has 1 saturated carbocycles. The second kappa shape index (κ2) is 17.6. The summed E-state index contributed by atoms with van der Waals surface area (Å²) in [6, 6.07) is 12.4. The van der Waals surface area contributed by atoms with Crippen LogP contribution in [0, 0.1) is 5.92 Å². The van der Waals surface area contributed by atoms with Gasteiger partial charge in [0.2, 0.25) is 12.3 Å². The van der Waals surface area contributed by atoms with Crippen LogP contribution in [-0.2, 0) is 45.0 Å². The first-order valence-electron chi connectivity index (χ1n) is 12.5. The van der Waals surface area contributed by atoms with Crippen LogP contribution >= 0.6 is 11.6 Å². The van der Waals surface area contributed by atoms with Gasteiger partial charge in [0.05, 0.1) is 17.2 Å². The predicted octanol–water partition coefficient (Wildman–Crippen LogP) is 4.99. The van der Waals surface area contributed by atoms with E-state index in [-0.39, 0.29) is 17.0 Å². The van der Waals surface area contributed by atoms with E-state index in [0.717, 1.165) is 30.8 Å². The SMILES string of the molecule is CCC=O.CN1Cc2cc(Cl)c(C(F)(F)F)cc2C1.CNC(=O)C(NC=O)C1CC1.COCc1ccccc1. The van der Waals surface area contributed by atoms with Crippen molar-refractivity contribution in [3.8, 4) is 0 Å². The summed E-state index contributed by atoms with van der Waals surface area (Å²) in [5.74, 6) is 0.264. The van der Waals surface area contributed by atoms with Crippen LogP contribution in [0.3, 0.4) is 0 Å². The Labute approximate surface area is 233 Å². The van der Waals surface area contributed by atoms with E-state index < -0.39 is 11.7 Å². The number of aldehydes is 1. The maximum atomic E-state index is 12.5. The van der Waals surface area contributed by atoms with Gasteiger partial charge in [-0.2, -0.15) is 13.2 Å². The highest BCUT2D eigenvalue weighted by atomic mass is 35.5. The Morgan fingerprint density at radius 3 is 2.15 bits per heavy atom. The van der Waals surface area contributed by atoms with Crippen LogP contribution in [0.25, 0.3) is 0 Å². The Kier molecular flexibility index (Phi) is 15.4. The molecule has 2 amide bonds. The third kappa shape index (κ3) is 12.6. The Balaban J connectivity index is 0.000000282. The highest BCUT2D eigenvalue weighted by Crippen LogP contribution is 2.38. The number of fused-ring (bicyclic) bond motifs is 1. The summed E-state index contributed by atoms with van der Waals surface area (Å²) in [4.78, 5) is 32.2. The van der Waals surface area contributed by atoms with Crippen molar-refractivity contribution in [1.82, 2.24) is 15.5 Å². The van der Waals surface area contributed by atoms with Crippen molar-refractivity contribution in [2.75, 3.05) is 21.2 Å². The molecule has 1 fully saturated rings. The number of hydrogen-bond donors (Lipinski definition) is 2. The molecule has 0 radical (unpaired) electrons. The fourth-order valence-electron chi connectivity index (χ4n) is 3.63. The summed E-state index contributed by atoms with van der Waals surface area (Å²) < 4.78 is 42.5. The van der Waals surface area contributed by atoms with Crippen molar-refractivity contribution >= 4 is 30.2 Å². The summed E-state index contributed by atoms with van der Waals surface area (Å²) in [5.41, 5.74) is 2.09. The molecule has 4 rings (SSSR count). The second-order valence-electron chi connectivity index (χ2n) is 8.98. The van der Waals surface area contributed by atoms with E-state index in [1.54, 1.807) is 14.2 Å². The standard InChI is InChI=1S/C10H9ClF3N.C8H10O.C7H12N2O2.C3H6O/c1-15-4-6-2-8(10(12,13)14)9(11)3-7(6)5-15;1-9-7-8-5-3-2-4-6-8;1-8-7(11)6(9-4-10)5-2-3-5;1-2-3-4/h2-3H,4-5H2,1H3;2-6H,7H2,1H3;4-6H,2-3H2,1H3,(H,8,11)(H,9,10);3H,2H2,1H3. The molecule has 2 aromatic rings. The van der Waals surface area contributed by atoms with Gasteiger partial charge in [-0.3, -0.25) is 14.5 Å². The molecule has 0 bridgehead atoms. The van der Waals surface area contributed by atoms with Crippen LogP contribution in [0.2, 0.25) is 5.02 Å². The lowest BCUT2D eigenvalue weighted by atomic mass is 10.1. The molecular weight excluding hydrogens is 535 g/mol. The molecular formula is C28H37ClF3N3O4. The van der Waals surface area contributed by atoms with Crippen LogP contribution in [0.15, 0.2) is 42.5 Å². The van der Waals surface area contributed by atoms with Gasteiger partial charge >= 0.3 is 6.18 Å². The molecule has 0 spiro atoms. The normalized spacial score (nSPS) is 14.6. The number of alkyl halides is 3. The monoisotopic (exact) mass is 571 g/mol. The molecule has 1 unspecified atom stereocenters. The molecule has 1 aliphatic heterocycles. The topological polar surface area (TPSA) is 87.7 Å². The average Bonchev–Trinajstić information content (AvgIpc) is 3.68. The van der Waals surface area contributed by atoms with Crippen LogP contribution in [0.1, 0.15) is 48.4 Å². The lowest BCUT2D eigenvalue weighted by molar-refractivity contribution is -0.137. The van der Waals surface area contributed by atoms with E-state index in [2.05, 4.69) is 10.6 Å². The molecule has 2 aliphatic rings. The van der Waals surface area contributed by atoms with Crippen molar-refractivity contribution in [3.63, 3.8) is 0 Å². The van der Waals surface area contributed by atoms with Gasteiger partial charge in [0.25, 0.3) is 0 Å². The Bertz CT molecular complexity index is 1030. The number of ether oxygens (including phenoxy) is 1. The molecule has 216 valence electrons. The molecule has 7 nitrogen and oxygen atoms in total. The number of amides is 2. The maximum Gasteiger partial charge on any atom is 0.417 e. The van der Waals surface area contributed by atoms with E-state index in [1.807, 2.05) is 49.2 Å². The van der Waals surface area contributed by atoms with Gasteiger partial charge in [0, 0.05) is 33.7 Å². The van der Waals surface area contributed by atoms with Crippen molar-refractivity contribution in [2.45, 2.75) is 58.1 Å². The first kappa shape index (κ1) is 34.1. The third-order valence-corrected chi connectivity index (χ3v) is 5.98. The van der Waals surface area contributed by atoms with Crippen molar-refractivity contribution in [2.24, 2.45) is 5.92 Å². The summed E-state index contributed by atoms with van der Waals surface area (Å²) in [6.45, 7) is 3.73. The van der Waals surface area contributed by atoms with E-state index in [0.29, 0.717) is 44.0 Å². The van der Waals surface area contributed by atoms with Gasteiger partial charge in [0.1, 0.15) is 12.3 Å². The molecule has 1 aliphatic carbocycles. The summed E-state index contributed by atoms with van der Waals surface area (Å²) in [7, 11) is 5.14. The molecule has 1 atom stereocenters. The van der Waals surface area contributed by atoms with Gasteiger partial charge in [0.15, 0.2) is 0 Å². The van der Waals surface area contributed by atoms with Crippen LogP contribution in [-0.4, -0.2) is 50.8 Å². The van der Waals surface area contributed by atoms with Gasteiger partial charge < -0.3 is 20.2 Å². The highest BCUT2D eigenvalue weighted by Gasteiger charge is 2.35. The number of likely N-dealkylation sites (N-methyl/N-ethyl adjacent to an activating group) is 1. The second-order valence-corrected chi connectivity index (χ2v) is 9.39. The minimum Gasteiger partial charge on any atom is -0.380 e. The third-order valence-electron chi connectivity index (χ3n) is 5.67. The summed E-state index contributed by atoms with van der Waals surface area (Å²) >= 11 is 5.60. The number of benzene rings is 2. The smallest absolute Gasteiger partial charge is 0.380 e. The molecule has 2 N–H and O–H groups in total. The molecule has 39 heavy (non-hydrogen) atoms. The number of methoxy groups -OCH3 is 1. The summed E-state index contributed by atoms with van der Waals surface area (Å²) in [5, 5.41) is 4.80. The number of nitrogens with one attached hydrogen (secondary N) is 2. The number of carbonyl (C=O) groups excluding carboxylic acids is 3. The van der Waals surface area contributed by atoms with Crippen LogP contribution in [0.4, 0.5) is 13.2 Å². The van der Waals surface area contributed by atoms with Gasteiger partial charge in [-0.1, -0.05) is 48.9 Å². The molecule has 2 aromatic carbocycles. The Morgan fingerprint density at radius 2 is 1.72 bits per heavy atom. The van der Waals surface area contributed by atoms with Crippen LogP contribution < -0.4 is 10.6 Å². The molecule has 11 heteroatoms. The molecule has 0 aromatic heterocycles. The Hall–Kier alpha value is -2.95. The zero-order chi connectivity index (χ0) is 29.4. The minimum absolute atomic E-state index is 0.0976. The van der Waals surface area contributed by atoms with E-state index in [9.17, 15) is 27.6 Å². The van der Waals surface area contributed by atoms with E-state index in [1.165, 1.54) is 11.6 Å². The fraction of sp³-hybridized carbons (Fsp3) is 0.464. The average molecular weight is 572 g/mol. The number of nitrogens with zero attached hydrogens (tertiary/aromatic N) is 1. The van der Waals surface area contributed by atoms with Gasteiger partial charge in [-0.25, -0.2) is 0 Å². The minimum atomic E-state index is -4.37. The highest BCUT2D eigenvalue weighted by molar-refractivity contribution is 6.31. The van der Waals surface area contributed by atoms with E-state index in [4.69, 9.17) is 16.3 Å². The van der Waals surface area contributed by atoms with E-state index >= 15 is 0 Å². The zero-order valence-corrected chi connectivity index (χ0v) is 23.4. The van der Waals surface area contributed by atoms with Gasteiger partial charge in [-0.15, -0.1) is 0 Å². The maximum absolute atomic E-state index is 12.5. The first-order valence-corrected chi connectivity index (χ1v) is 12.8. The van der Waals surface area contributed by atoms with Gasteiger partial charge in [-0.05, 0) is 54.6 Å². The summed E-state index contributed by atoms with van der Waals surface area (Å²) in [6.07, 6.45) is -0.191. The number of halogens is 4. The zero-order valence-electron chi connectivity index (χ0n) is 22.7. The largest absolute Gasteiger partial charge is 0.417 e. The van der Waals surface area contributed by atoms with Crippen LogP contribution in [0.5, 0.6) is 0 Å². The fourth-order valence-corrected chi connectivity index (χ4v) is 3.93. The lowest BCUT2D eigenvalue weighted by Gasteiger charge is -2.12. The van der Waals surface area contributed by atoms with Crippen molar-refractivity contribution < 1.29 is 32.3 Å².